The molecule has 0 N–H and O–H groups in total. The highest BCUT2D eigenvalue weighted by Crippen LogP contribution is 2.26. The summed E-state index contributed by atoms with van der Waals surface area (Å²) in [5, 5.41) is 2.51. The molecule has 73 valence electrons. The SMILES string of the molecule is [CH2]C#CCc1c(Br)ccc2ccccc12. The largest absolute Gasteiger partial charge is 0.102 e. The van der Waals surface area contributed by atoms with Gasteiger partial charge in [0.2, 0.25) is 0 Å². The number of rotatable bonds is 1. The molecule has 2 rings (SSSR count). The Morgan fingerprint density at radius 1 is 1.13 bits per heavy atom. The van der Waals surface area contributed by atoms with Crippen molar-refractivity contribution in [3.63, 3.8) is 0 Å². The minimum atomic E-state index is 0.742. The van der Waals surface area contributed by atoms with Gasteiger partial charge >= 0.3 is 0 Å². The fourth-order valence-electron chi connectivity index (χ4n) is 1.64. The molecule has 0 fully saturated rings. The Bertz CT molecular complexity index is 544. The Kier molecular flexibility index (Phi) is 3.08. The van der Waals surface area contributed by atoms with E-state index in [1.54, 1.807) is 0 Å². The summed E-state index contributed by atoms with van der Waals surface area (Å²) >= 11 is 3.56. The van der Waals surface area contributed by atoms with E-state index >= 15 is 0 Å². The van der Waals surface area contributed by atoms with Gasteiger partial charge in [0.25, 0.3) is 0 Å². The number of fused-ring (bicyclic) bond motifs is 1. The molecule has 1 heteroatoms. The van der Waals surface area contributed by atoms with E-state index in [0.29, 0.717) is 0 Å². The highest BCUT2D eigenvalue weighted by molar-refractivity contribution is 9.10. The first kappa shape index (κ1) is 10.3. The van der Waals surface area contributed by atoms with Gasteiger partial charge in [-0.05, 0) is 22.4 Å². The van der Waals surface area contributed by atoms with Crippen molar-refractivity contribution in [2.24, 2.45) is 0 Å². The molecule has 0 spiro atoms. The molecule has 0 nitrogen and oxygen atoms in total. The average molecular weight is 258 g/mol. The van der Waals surface area contributed by atoms with Gasteiger partial charge in [0.15, 0.2) is 0 Å². The Morgan fingerprint density at radius 2 is 1.93 bits per heavy atom. The monoisotopic (exact) mass is 257 g/mol. The maximum Gasteiger partial charge on any atom is 0.0357 e. The van der Waals surface area contributed by atoms with Gasteiger partial charge in [-0.3, -0.25) is 0 Å². The minimum absolute atomic E-state index is 0.742. The topological polar surface area (TPSA) is 0 Å². The van der Waals surface area contributed by atoms with Crippen LogP contribution in [-0.4, -0.2) is 0 Å². The predicted octanol–water partition coefficient (Wildman–Crippen LogP) is 3.98. The van der Waals surface area contributed by atoms with Gasteiger partial charge in [0, 0.05) is 17.8 Å². The maximum atomic E-state index is 3.56. The van der Waals surface area contributed by atoms with Crippen molar-refractivity contribution in [3.05, 3.63) is 53.4 Å². The number of halogens is 1. The van der Waals surface area contributed by atoms with Crippen LogP contribution >= 0.6 is 15.9 Å². The van der Waals surface area contributed by atoms with Crippen molar-refractivity contribution in [2.45, 2.75) is 6.42 Å². The van der Waals surface area contributed by atoms with Crippen LogP contribution in [0.1, 0.15) is 5.56 Å². The van der Waals surface area contributed by atoms with Gasteiger partial charge in [0.05, 0.1) is 0 Å². The lowest BCUT2D eigenvalue weighted by molar-refractivity contribution is 1.33. The standard InChI is InChI=1S/C14H10Br/c1-2-3-7-13-12-8-5-4-6-11(12)9-10-14(13)15/h4-6,8-10H,1,7H2. The van der Waals surface area contributed by atoms with Crippen LogP contribution in [0.3, 0.4) is 0 Å². The van der Waals surface area contributed by atoms with Crippen LogP contribution in [0.2, 0.25) is 0 Å². The third-order valence-electron chi connectivity index (χ3n) is 2.37. The van der Waals surface area contributed by atoms with Crippen molar-refractivity contribution in [1.82, 2.24) is 0 Å². The van der Waals surface area contributed by atoms with Gasteiger partial charge in [0.1, 0.15) is 0 Å². The summed E-state index contributed by atoms with van der Waals surface area (Å²) in [5.41, 5.74) is 1.24. The summed E-state index contributed by atoms with van der Waals surface area (Å²) in [5.74, 6) is 5.69. The molecule has 0 aliphatic heterocycles. The van der Waals surface area contributed by atoms with Crippen LogP contribution in [-0.2, 0) is 6.42 Å². The Labute approximate surface area is 98.4 Å². The summed E-state index contributed by atoms with van der Waals surface area (Å²) in [6, 6.07) is 12.5. The Hall–Kier alpha value is -1.26. The molecule has 15 heavy (non-hydrogen) atoms. The summed E-state index contributed by atoms with van der Waals surface area (Å²) < 4.78 is 1.11. The third kappa shape index (κ3) is 2.06. The first-order valence-electron chi connectivity index (χ1n) is 4.74. The second kappa shape index (κ2) is 4.51. The van der Waals surface area contributed by atoms with Crippen LogP contribution < -0.4 is 0 Å². The number of hydrogen-bond donors (Lipinski definition) is 0. The zero-order valence-corrected chi connectivity index (χ0v) is 9.84. The first-order chi connectivity index (χ1) is 7.33. The highest BCUT2D eigenvalue weighted by atomic mass is 79.9. The van der Waals surface area contributed by atoms with E-state index in [1.807, 2.05) is 6.07 Å². The molecule has 0 unspecified atom stereocenters. The zero-order valence-electron chi connectivity index (χ0n) is 8.26. The van der Waals surface area contributed by atoms with Crippen LogP contribution in [0.5, 0.6) is 0 Å². The number of hydrogen-bond acceptors (Lipinski definition) is 0. The summed E-state index contributed by atoms with van der Waals surface area (Å²) in [6.07, 6.45) is 0.742. The molecule has 0 aliphatic carbocycles. The average Bonchev–Trinajstić information content (AvgIpc) is 2.28. The molecule has 0 amide bonds. The molecule has 0 aromatic heterocycles. The first-order valence-corrected chi connectivity index (χ1v) is 5.53. The van der Waals surface area contributed by atoms with Crippen LogP contribution in [0, 0.1) is 18.8 Å². The molecule has 0 heterocycles. The van der Waals surface area contributed by atoms with E-state index in [0.717, 1.165) is 10.9 Å². The van der Waals surface area contributed by atoms with E-state index in [-0.39, 0.29) is 0 Å². The second-order valence-electron chi connectivity index (χ2n) is 3.28. The van der Waals surface area contributed by atoms with Gasteiger partial charge in [-0.15, -0.1) is 5.92 Å². The lowest BCUT2D eigenvalue weighted by Crippen LogP contribution is -1.86. The molecule has 1 radical (unpaired) electrons. The van der Waals surface area contributed by atoms with Gasteiger partial charge in [-0.25, -0.2) is 0 Å². The smallest absolute Gasteiger partial charge is 0.0357 e. The van der Waals surface area contributed by atoms with Crippen molar-refractivity contribution in [2.75, 3.05) is 0 Å². The quantitative estimate of drug-likeness (QED) is 0.678. The lowest BCUT2D eigenvalue weighted by Gasteiger charge is -2.05. The lowest BCUT2D eigenvalue weighted by atomic mass is 10.0. The molecule has 2 aromatic rings. The zero-order chi connectivity index (χ0) is 10.7. The molecule has 0 aliphatic rings. The van der Waals surface area contributed by atoms with Crippen molar-refractivity contribution < 1.29 is 0 Å². The van der Waals surface area contributed by atoms with Gasteiger partial charge < -0.3 is 0 Å². The Balaban J connectivity index is 2.66. The highest BCUT2D eigenvalue weighted by Gasteiger charge is 2.03. The predicted molar refractivity (Wildman–Crippen MR) is 68.5 cm³/mol. The Morgan fingerprint density at radius 3 is 2.73 bits per heavy atom. The molecular weight excluding hydrogens is 248 g/mol. The molecule has 0 saturated carbocycles. The molecule has 0 saturated heterocycles. The fraction of sp³-hybridized carbons (Fsp3) is 0.0714. The van der Waals surface area contributed by atoms with Crippen LogP contribution in [0.25, 0.3) is 10.8 Å². The van der Waals surface area contributed by atoms with Crippen molar-refractivity contribution in [1.29, 1.82) is 0 Å². The van der Waals surface area contributed by atoms with Crippen LogP contribution in [0.15, 0.2) is 40.9 Å². The summed E-state index contributed by atoms with van der Waals surface area (Å²) in [7, 11) is 0. The van der Waals surface area contributed by atoms with Crippen molar-refractivity contribution in [3.8, 4) is 11.8 Å². The second-order valence-corrected chi connectivity index (χ2v) is 4.13. The fourth-order valence-corrected chi connectivity index (χ4v) is 2.13. The normalized spacial score (nSPS) is 9.73. The molecule has 0 atom stereocenters. The van der Waals surface area contributed by atoms with E-state index in [1.165, 1.54) is 16.3 Å². The third-order valence-corrected chi connectivity index (χ3v) is 3.12. The van der Waals surface area contributed by atoms with Gasteiger partial charge in [-0.1, -0.05) is 52.2 Å². The van der Waals surface area contributed by atoms with E-state index in [4.69, 9.17) is 0 Å². The van der Waals surface area contributed by atoms with E-state index in [2.05, 4.69) is 65.0 Å². The number of benzene rings is 2. The van der Waals surface area contributed by atoms with Gasteiger partial charge in [-0.2, -0.15) is 0 Å². The molecule has 0 bridgehead atoms. The summed E-state index contributed by atoms with van der Waals surface area (Å²) in [4.78, 5) is 0. The van der Waals surface area contributed by atoms with Crippen molar-refractivity contribution >= 4 is 26.7 Å². The molecular formula is C14H10Br. The molecule has 2 aromatic carbocycles. The van der Waals surface area contributed by atoms with E-state index < -0.39 is 0 Å². The minimum Gasteiger partial charge on any atom is -0.102 e. The van der Waals surface area contributed by atoms with Crippen LogP contribution in [0.4, 0.5) is 0 Å². The summed E-state index contributed by atoms with van der Waals surface area (Å²) in [6.45, 7) is 3.53. The maximum absolute atomic E-state index is 3.56. The van der Waals surface area contributed by atoms with E-state index in [9.17, 15) is 0 Å².